The molecule has 1 aromatic carbocycles. The van der Waals surface area contributed by atoms with Gasteiger partial charge in [-0.3, -0.25) is 15.4 Å². The Morgan fingerprint density at radius 2 is 1.84 bits per heavy atom. The molecule has 5 nitrogen and oxygen atoms in total. The van der Waals surface area contributed by atoms with Crippen molar-refractivity contribution in [1.29, 1.82) is 0 Å². The first-order valence-corrected chi connectivity index (χ1v) is 9.67. The Labute approximate surface area is 148 Å². The van der Waals surface area contributed by atoms with E-state index in [9.17, 15) is 4.79 Å². The maximum atomic E-state index is 11.6. The number of rotatable bonds is 3. The van der Waals surface area contributed by atoms with Crippen molar-refractivity contribution in [2.24, 2.45) is 23.2 Å². The zero-order chi connectivity index (χ0) is 17.0. The first-order valence-electron chi connectivity index (χ1n) is 9.67. The fourth-order valence-corrected chi connectivity index (χ4v) is 6.61. The Morgan fingerprint density at radius 1 is 1.16 bits per heavy atom. The van der Waals surface area contributed by atoms with Crippen LogP contribution in [0.4, 0.5) is 0 Å². The second-order valence-electron chi connectivity index (χ2n) is 9.03. The highest BCUT2D eigenvalue weighted by molar-refractivity contribution is 5.93. The molecule has 4 fully saturated rings. The highest BCUT2D eigenvalue weighted by Crippen LogP contribution is 2.60. The summed E-state index contributed by atoms with van der Waals surface area (Å²) in [6, 6.07) is 5.72. The summed E-state index contributed by atoms with van der Waals surface area (Å²) < 4.78 is 0. The van der Waals surface area contributed by atoms with Crippen LogP contribution in [0.2, 0.25) is 0 Å². The molecule has 0 unspecified atom stereocenters. The highest BCUT2D eigenvalue weighted by atomic mass is 16.5. The molecular formula is C20H27N3O2. The zero-order valence-electron chi connectivity index (χ0n) is 14.6. The minimum absolute atomic E-state index is 0.446. The summed E-state index contributed by atoms with van der Waals surface area (Å²) in [6.45, 7) is 2.82. The Hall–Kier alpha value is -1.43. The molecular weight excluding hydrogens is 314 g/mol. The molecule has 0 spiro atoms. The molecule has 0 atom stereocenters. The number of hydroxylamine groups is 1. The third kappa shape index (κ3) is 2.78. The molecule has 4 bridgehead atoms. The molecule has 0 radical (unpaired) electrons. The number of amides is 1. The number of fused-ring (bicyclic) bond motifs is 1. The van der Waals surface area contributed by atoms with Gasteiger partial charge >= 0.3 is 0 Å². The third-order valence-electron chi connectivity index (χ3n) is 7.12. The van der Waals surface area contributed by atoms with Gasteiger partial charge in [-0.1, -0.05) is 6.07 Å². The fourth-order valence-electron chi connectivity index (χ4n) is 6.61. The summed E-state index contributed by atoms with van der Waals surface area (Å²) in [7, 11) is 0. The predicted octanol–water partition coefficient (Wildman–Crippen LogP) is 2.84. The average molecular weight is 341 g/mol. The Morgan fingerprint density at radius 3 is 2.48 bits per heavy atom. The van der Waals surface area contributed by atoms with Crippen molar-refractivity contribution in [3.63, 3.8) is 0 Å². The van der Waals surface area contributed by atoms with Gasteiger partial charge in [0.05, 0.1) is 0 Å². The summed E-state index contributed by atoms with van der Waals surface area (Å²) in [6.07, 6.45) is 8.76. The Kier molecular flexibility index (Phi) is 3.66. The molecule has 134 valence electrons. The second kappa shape index (κ2) is 5.79. The van der Waals surface area contributed by atoms with Crippen molar-refractivity contribution in [1.82, 2.24) is 15.9 Å². The molecule has 25 heavy (non-hydrogen) atoms. The molecule has 1 heterocycles. The highest BCUT2D eigenvalue weighted by Gasteiger charge is 2.51. The lowest BCUT2D eigenvalue weighted by Gasteiger charge is -2.58. The maximum absolute atomic E-state index is 11.6. The summed E-state index contributed by atoms with van der Waals surface area (Å²) in [5.74, 6) is 2.52. The Balaban J connectivity index is 1.31. The molecule has 4 aliphatic carbocycles. The number of hydrogen-bond donors (Lipinski definition) is 3. The third-order valence-corrected chi connectivity index (χ3v) is 7.12. The van der Waals surface area contributed by atoms with Gasteiger partial charge in [0.1, 0.15) is 0 Å². The molecule has 3 N–H and O–H groups in total. The van der Waals surface area contributed by atoms with E-state index >= 15 is 0 Å². The van der Waals surface area contributed by atoms with Gasteiger partial charge < -0.3 is 0 Å². The monoisotopic (exact) mass is 341 g/mol. The summed E-state index contributed by atoms with van der Waals surface area (Å²) >= 11 is 0. The van der Waals surface area contributed by atoms with E-state index in [-0.39, 0.29) is 0 Å². The van der Waals surface area contributed by atoms with Crippen LogP contribution >= 0.6 is 0 Å². The molecule has 5 heteroatoms. The van der Waals surface area contributed by atoms with Crippen molar-refractivity contribution in [3.8, 4) is 0 Å². The van der Waals surface area contributed by atoms with Crippen LogP contribution in [0.25, 0.3) is 0 Å². The number of nitrogens with zero attached hydrogens (tertiary/aromatic N) is 1. The van der Waals surface area contributed by atoms with E-state index in [2.05, 4.69) is 10.4 Å². The number of carbonyl (C=O) groups is 1. The van der Waals surface area contributed by atoms with Crippen molar-refractivity contribution in [2.75, 3.05) is 6.54 Å². The van der Waals surface area contributed by atoms with E-state index in [0.29, 0.717) is 11.0 Å². The largest absolute Gasteiger partial charge is 0.288 e. The van der Waals surface area contributed by atoms with Crippen LogP contribution in [0.3, 0.4) is 0 Å². The van der Waals surface area contributed by atoms with Crippen LogP contribution in [0.1, 0.15) is 60.0 Å². The minimum atomic E-state index is -0.446. The normalized spacial score (nSPS) is 36.3. The van der Waals surface area contributed by atoms with E-state index in [1.165, 1.54) is 44.1 Å². The predicted molar refractivity (Wildman–Crippen MR) is 93.5 cm³/mol. The number of benzene rings is 1. The zero-order valence-corrected chi connectivity index (χ0v) is 14.6. The van der Waals surface area contributed by atoms with Crippen molar-refractivity contribution in [3.05, 3.63) is 34.9 Å². The van der Waals surface area contributed by atoms with Crippen LogP contribution < -0.4 is 10.9 Å². The maximum Gasteiger partial charge on any atom is 0.274 e. The summed E-state index contributed by atoms with van der Waals surface area (Å²) in [4.78, 5) is 11.6. The quantitative estimate of drug-likeness (QED) is 0.584. The molecule has 1 aliphatic heterocycles. The molecule has 1 aromatic rings. The standard InChI is InChI=1S/C20H27N3O2/c24-19(22-25)16-1-2-17-11-23(21-10-18(17)6-16)12-20-7-13-3-14(8-20)5-15(4-13)9-20/h1-2,6,13-15,21,25H,3-5,7-12H2,(H,22,24). The van der Waals surface area contributed by atoms with Gasteiger partial charge in [-0.2, -0.15) is 0 Å². The number of hydrogen-bond acceptors (Lipinski definition) is 4. The lowest BCUT2D eigenvalue weighted by atomic mass is 9.49. The first-order chi connectivity index (χ1) is 12.1. The van der Waals surface area contributed by atoms with Crippen LogP contribution in [-0.2, 0) is 13.1 Å². The topological polar surface area (TPSA) is 64.6 Å². The smallest absolute Gasteiger partial charge is 0.274 e. The van der Waals surface area contributed by atoms with Crippen molar-refractivity contribution >= 4 is 5.91 Å². The summed E-state index contributed by atoms with van der Waals surface area (Å²) in [5.41, 5.74) is 8.78. The van der Waals surface area contributed by atoms with Crippen LogP contribution in [-0.4, -0.2) is 22.7 Å². The summed E-state index contributed by atoms with van der Waals surface area (Å²) in [5, 5.41) is 11.2. The lowest BCUT2D eigenvalue weighted by molar-refractivity contribution is -0.0794. The van der Waals surface area contributed by atoms with E-state index in [1.54, 1.807) is 11.5 Å². The van der Waals surface area contributed by atoms with Gasteiger partial charge in [0.25, 0.3) is 5.91 Å². The lowest BCUT2D eigenvalue weighted by Crippen LogP contribution is -2.54. The van der Waals surface area contributed by atoms with Gasteiger partial charge in [0.2, 0.25) is 0 Å². The van der Waals surface area contributed by atoms with Crippen LogP contribution in [0.5, 0.6) is 0 Å². The molecule has 1 amide bonds. The van der Waals surface area contributed by atoms with Crippen LogP contribution in [0.15, 0.2) is 18.2 Å². The van der Waals surface area contributed by atoms with E-state index in [1.807, 2.05) is 12.1 Å². The van der Waals surface area contributed by atoms with Gasteiger partial charge in [-0.15, -0.1) is 0 Å². The van der Waals surface area contributed by atoms with Crippen LogP contribution in [0, 0.1) is 23.2 Å². The SMILES string of the molecule is O=C(NO)c1ccc2c(c1)CNN(CC13CC4CC(CC(C4)C1)C3)C2. The van der Waals surface area contributed by atoms with E-state index < -0.39 is 5.91 Å². The second-order valence-corrected chi connectivity index (χ2v) is 9.03. The first kappa shape index (κ1) is 15.8. The molecule has 6 rings (SSSR count). The van der Waals surface area contributed by atoms with Crippen molar-refractivity contribution in [2.45, 2.75) is 51.6 Å². The molecule has 0 aromatic heterocycles. The fraction of sp³-hybridized carbons (Fsp3) is 0.650. The van der Waals surface area contributed by atoms with Crippen molar-refractivity contribution < 1.29 is 10.0 Å². The molecule has 5 aliphatic rings. The number of carbonyl (C=O) groups excluding carboxylic acids is 1. The minimum Gasteiger partial charge on any atom is -0.288 e. The van der Waals surface area contributed by atoms with Gasteiger partial charge in [0, 0.05) is 25.2 Å². The van der Waals surface area contributed by atoms with E-state index in [0.717, 1.165) is 43.0 Å². The van der Waals surface area contributed by atoms with Gasteiger partial charge in [-0.25, -0.2) is 10.5 Å². The molecule has 4 saturated carbocycles. The van der Waals surface area contributed by atoms with Gasteiger partial charge in [0.15, 0.2) is 0 Å². The van der Waals surface area contributed by atoms with Gasteiger partial charge in [-0.05, 0) is 85.0 Å². The average Bonchev–Trinajstić information content (AvgIpc) is 2.59. The van der Waals surface area contributed by atoms with E-state index in [4.69, 9.17) is 5.21 Å². The molecule has 0 saturated heterocycles. The number of nitrogens with one attached hydrogen (secondary N) is 2. The Bertz CT molecular complexity index is 667. The number of hydrazine groups is 1.